The van der Waals surface area contributed by atoms with E-state index in [0.29, 0.717) is 18.6 Å². The first-order valence-electron chi connectivity index (χ1n) is 7.98. The van der Waals surface area contributed by atoms with E-state index in [0.717, 1.165) is 23.7 Å². The number of rotatable bonds is 3. The van der Waals surface area contributed by atoms with E-state index < -0.39 is 0 Å². The average molecular weight is 249 g/mol. The van der Waals surface area contributed by atoms with Crippen LogP contribution in [0.5, 0.6) is 0 Å². The number of nitrogens with two attached hydrogens (primary N) is 1. The van der Waals surface area contributed by atoms with Gasteiger partial charge in [-0.15, -0.1) is 0 Å². The molecule has 0 aromatic carbocycles. The van der Waals surface area contributed by atoms with Gasteiger partial charge in [0.15, 0.2) is 0 Å². The highest BCUT2D eigenvalue weighted by Crippen LogP contribution is 2.67. The molecule has 4 bridgehead atoms. The van der Waals surface area contributed by atoms with Crippen molar-refractivity contribution in [3.63, 3.8) is 0 Å². The van der Waals surface area contributed by atoms with Crippen molar-refractivity contribution in [1.29, 1.82) is 0 Å². The molecular formula is C16H27NO. The van der Waals surface area contributed by atoms with Crippen LogP contribution in [0.3, 0.4) is 0 Å². The standard InChI is InChI=1S/C16H27NO/c17-9-15(10-18)7-14(8-15)16-4-11-1-12(5-16)3-13(2-11)6-16/h11-14,18H,1-10,17H2. The minimum absolute atomic E-state index is 0.105. The Bertz CT molecular complexity index is 304. The highest BCUT2D eigenvalue weighted by atomic mass is 16.3. The van der Waals surface area contributed by atoms with Gasteiger partial charge >= 0.3 is 0 Å². The van der Waals surface area contributed by atoms with Gasteiger partial charge in [-0.2, -0.15) is 0 Å². The molecule has 0 spiro atoms. The van der Waals surface area contributed by atoms with E-state index in [2.05, 4.69) is 0 Å². The normalized spacial score (nSPS) is 57.7. The van der Waals surface area contributed by atoms with Gasteiger partial charge < -0.3 is 10.8 Å². The quantitative estimate of drug-likeness (QED) is 0.807. The largest absolute Gasteiger partial charge is 0.396 e. The molecule has 5 aliphatic rings. The van der Waals surface area contributed by atoms with Crippen molar-refractivity contribution in [1.82, 2.24) is 0 Å². The van der Waals surface area contributed by atoms with Crippen LogP contribution in [0.2, 0.25) is 0 Å². The minimum Gasteiger partial charge on any atom is -0.396 e. The number of hydrogen-bond acceptors (Lipinski definition) is 2. The molecule has 5 saturated carbocycles. The molecule has 2 heteroatoms. The summed E-state index contributed by atoms with van der Waals surface area (Å²) in [5, 5.41) is 9.56. The van der Waals surface area contributed by atoms with Gasteiger partial charge in [0.2, 0.25) is 0 Å². The Labute approximate surface area is 110 Å². The fraction of sp³-hybridized carbons (Fsp3) is 1.00. The first kappa shape index (κ1) is 11.7. The second-order valence-electron chi connectivity index (χ2n) is 8.25. The highest BCUT2D eigenvalue weighted by Gasteiger charge is 2.59. The van der Waals surface area contributed by atoms with Gasteiger partial charge in [0.05, 0.1) is 0 Å². The van der Waals surface area contributed by atoms with Crippen molar-refractivity contribution < 1.29 is 5.11 Å². The van der Waals surface area contributed by atoms with Crippen LogP contribution in [0.15, 0.2) is 0 Å². The van der Waals surface area contributed by atoms with Gasteiger partial charge in [-0.05, 0) is 80.5 Å². The Morgan fingerprint density at radius 3 is 1.78 bits per heavy atom. The lowest BCUT2D eigenvalue weighted by atomic mass is 9.41. The van der Waals surface area contributed by atoms with Gasteiger partial charge in [0, 0.05) is 18.6 Å². The Morgan fingerprint density at radius 2 is 1.39 bits per heavy atom. The van der Waals surface area contributed by atoms with Crippen molar-refractivity contribution >= 4 is 0 Å². The van der Waals surface area contributed by atoms with Crippen LogP contribution in [0.4, 0.5) is 0 Å². The zero-order chi connectivity index (χ0) is 12.4. The Kier molecular flexibility index (Phi) is 2.43. The zero-order valence-corrected chi connectivity index (χ0v) is 11.4. The summed E-state index contributed by atoms with van der Waals surface area (Å²) in [6.45, 7) is 0.999. The molecule has 18 heavy (non-hydrogen) atoms. The molecule has 0 atom stereocenters. The lowest BCUT2D eigenvalue weighted by Crippen LogP contribution is -2.57. The molecule has 2 nitrogen and oxygen atoms in total. The SMILES string of the molecule is NCC1(CO)CC(C23CC4CC(CC(C4)C2)C3)C1. The third-order valence-electron chi connectivity index (χ3n) is 7.08. The van der Waals surface area contributed by atoms with Gasteiger partial charge in [-0.25, -0.2) is 0 Å². The van der Waals surface area contributed by atoms with E-state index in [4.69, 9.17) is 5.73 Å². The monoisotopic (exact) mass is 249 g/mol. The summed E-state index contributed by atoms with van der Waals surface area (Å²) >= 11 is 0. The van der Waals surface area contributed by atoms with Gasteiger partial charge in [0.1, 0.15) is 0 Å². The fourth-order valence-electron chi connectivity index (χ4n) is 6.46. The van der Waals surface area contributed by atoms with Gasteiger partial charge in [-0.1, -0.05) is 0 Å². The fourth-order valence-corrected chi connectivity index (χ4v) is 6.46. The maximum absolute atomic E-state index is 9.56. The van der Waals surface area contributed by atoms with E-state index >= 15 is 0 Å². The molecule has 5 rings (SSSR count). The lowest BCUT2D eigenvalue weighted by molar-refractivity contribution is -0.148. The van der Waals surface area contributed by atoms with E-state index in [1.54, 1.807) is 0 Å². The van der Waals surface area contributed by atoms with E-state index in [-0.39, 0.29) is 5.41 Å². The Morgan fingerprint density at radius 1 is 0.889 bits per heavy atom. The second kappa shape index (κ2) is 3.73. The number of aliphatic hydroxyl groups is 1. The smallest absolute Gasteiger partial charge is 0.0499 e. The summed E-state index contributed by atoms with van der Waals surface area (Å²) in [6.07, 6.45) is 11.6. The zero-order valence-electron chi connectivity index (χ0n) is 11.4. The van der Waals surface area contributed by atoms with Crippen molar-refractivity contribution in [3.8, 4) is 0 Å². The summed E-state index contributed by atoms with van der Waals surface area (Å²) in [6, 6.07) is 0. The molecule has 0 aliphatic heterocycles. The molecule has 5 fully saturated rings. The molecule has 3 N–H and O–H groups in total. The predicted molar refractivity (Wildman–Crippen MR) is 71.9 cm³/mol. The first-order valence-corrected chi connectivity index (χ1v) is 7.98. The van der Waals surface area contributed by atoms with Crippen LogP contribution < -0.4 is 5.73 Å². The topological polar surface area (TPSA) is 46.2 Å². The lowest BCUT2D eigenvalue weighted by Gasteiger charge is -2.64. The van der Waals surface area contributed by atoms with Crippen molar-refractivity contribution in [2.24, 2.45) is 40.2 Å². The predicted octanol–water partition coefficient (Wildman–Crippen LogP) is 2.55. The third-order valence-corrected chi connectivity index (χ3v) is 7.08. The molecule has 0 aromatic rings. The molecule has 0 saturated heterocycles. The van der Waals surface area contributed by atoms with Crippen molar-refractivity contribution in [3.05, 3.63) is 0 Å². The van der Waals surface area contributed by atoms with Crippen molar-refractivity contribution in [2.75, 3.05) is 13.2 Å². The summed E-state index contributed by atoms with van der Waals surface area (Å²) in [4.78, 5) is 0. The van der Waals surface area contributed by atoms with Gasteiger partial charge in [-0.3, -0.25) is 0 Å². The number of hydrogen-bond donors (Lipinski definition) is 2. The van der Waals surface area contributed by atoms with E-state index in [1.165, 1.54) is 51.4 Å². The molecule has 0 amide bonds. The highest BCUT2D eigenvalue weighted by molar-refractivity contribution is 5.09. The molecule has 102 valence electrons. The molecule has 0 aromatic heterocycles. The molecule has 0 radical (unpaired) electrons. The number of aliphatic hydroxyl groups excluding tert-OH is 1. The summed E-state index contributed by atoms with van der Waals surface area (Å²) < 4.78 is 0. The maximum atomic E-state index is 9.56. The first-order chi connectivity index (χ1) is 8.67. The molecule has 0 heterocycles. The Balaban J connectivity index is 1.52. The van der Waals surface area contributed by atoms with E-state index in [1.807, 2.05) is 0 Å². The van der Waals surface area contributed by atoms with E-state index in [9.17, 15) is 5.11 Å². The summed E-state index contributed by atoms with van der Waals surface area (Å²) in [5.41, 5.74) is 6.66. The molecular weight excluding hydrogens is 222 g/mol. The van der Waals surface area contributed by atoms with Crippen molar-refractivity contribution in [2.45, 2.75) is 51.4 Å². The van der Waals surface area contributed by atoms with Crippen LogP contribution in [0, 0.1) is 34.5 Å². The Hall–Kier alpha value is -0.0800. The van der Waals surface area contributed by atoms with Crippen LogP contribution in [-0.4, -0.2) is 18.3 Å². The average Bonchev–Trinajstić information content (AvgIpc) is 2.26. The third kappa shape index (κ3) is 1.48. The minimum atomic E-state index is 0.105. The van der Waals surface area contributed by atoms with Crippen LogP contribution in [-0.2, 0) is 0 Å². The summed E-state index contributed by atoms with van der Waals surface area (Å²) in [5.74, 6) is 4.05. The molecule has 0 unspecified atom stereocenters. The van der Waals surface area contributed by atoms with Crippen LogP contribution in [0.1, 0.15) is 51.4 Å². The van der Waals surface area contributed by atoms with Crippen LogP contribution >= 0.6 is 0 Å². The van der Waals surface area contributed by atoms with Crippen LogP contribution in [0.25, 0.3) is 0 Å². The summed E-state index contributed by atoms with van der Waals surface area (Å²) in [7, 11) is 0. The van der Waals surface area contributed by atoms with Gasteiger partial charge in [0.25, 0.3) is 0 Å². The maximum Gasteiger partial charge on any atom is 0.0499 e. The molecule has 5 aliphatic carbocycles. The second-order valence-corrected chi connectivity index (χ2v) is 8.25.